The fraction of sp³-hybridized carbons (Fsp3) is 0.667. The van der Waals surface area contributed by atoms with Crippen LogP contribution in [0, 0.1) is 0 Å². The third kappa shape index (κ3) is 3.25. The Morgan fingerprint density at radius 3 is 2.80 bits per heavy atom. The maximum atomic E-state index is 11.2. The highest BCUT2D eigenvalue weighted by atomic mass is 32.2. The summed E-state index contributed by atoms with van der Waals surface area (Å²) < 4.78 is 22.4. The van der Waals surface area contributed by atoms with Crippen LogP contribution >= 0.6 is 11.3 Å². The molecule has 1 saturated heterocycles. The molecule has 0 spiro atoms. The van der Waals surface area contributed by atoms with Gasteiger partial charge in [0.15, 0.2) is 0 Å². The van der Waals surface area contributed by atoms with E-state index >= 15 is 0 Å². The van der Waals surface area contributed by atoms with Crippen LogP contribution < -0.4 is 5.32 Å². The van der Waals surface area contributed by atoms with Crippen molar-refractivity contribution in [3.05, 3.63) is 16.6 Å². The zero-order valence-electron chi connectivity index (χ0n) is 8.35. The largest absolute Gasteiger partial charge is 0.309 e. The van der Waals surface area contributed by atoms with Gasteiger partial charge in [-0.05, 0) is 12.8 Å². The minimum absolute atomic E-state index is 0.327. The van der Waals surface area contributed by atoms with Crippen LogP contribution in [0.3, 0.4) is 0 Å². The Balaban J connectivity index is 1.78. The molecule has 2 rings (SSSR count). The Morgan fingerprint density at radius 2 is 2.20 bits per heavy atom. The summed E-state index contributed by atoms with van der Waals surface area (Å²) in [6, 6.07) is 0.343. The first-order valence-corrected chi connectivity index (χ1v) is 7.67. The normalized spacial score (nSPS) is 21.6. The molecule has 84 valence electrons. The molecule has 0 unspecified atom stereocenters. The van der Waals surface area contributed by atoms with Crippen LogP contribution in [0.25, 0.3) is 0 Å². The summed E-state index contributed by atoms with van der Waals surface area (Å²) in [6.07, 6.45) is 3.32. The molecule has 6 heteroatoms. The molecule has 1 N–H and O–H groups in total. The maximum Gasteiger partial charge on any atom is 0.150 e. The Kier molecular flexibility index (Phi) is 3.38. The monoisotopic (exact) mass is 246 g/mol. The summed E-state index contributed by atoms with van der Waals surface area (Å²) in [6.45, 7) is 0.801. The zero-order valence-corrected chi connectivity index (χ0v) is 9.98. The predicted molar refractivity (Wildman–Crippen MR) is 60.6 cm³/mol. The highest BCUT2D eigenvalue weighted by Gasteiger charge is 2.22. The zero-order chi connectivity index (χ0) is 10.7. The Bertz CT molecular complexity index is 386. The molecule has 0 atom stereocenters. The smallest absolute Gasteiger partial charge is 0.150 e. The van der Waals surface area contributed by atoms with Crippen LogP contribution in [0.15, 0.2) is 11.7 Å². The number of sulfone groups is 1. The van der Waals surface area contributed by atoms with E-state index in [9.17, 15) is 8.42 Å². The fourth-order valence-electron chi connectivity index (χ4n) is 1.67. The summed E-state index contributed by atoms with van der Waals surface area (Å²) in [5.74, 6) is 0.653. The molecule has 1 aromatic heterocycles. The second kappa shape index (κ2) is 4.59. The molecule has 4 nitrogen and oxygen atoms in total. The molecule has 1 aliphatic heterocycles. The number of hydrogen-bond acceptors (Lipinski definition) is 5. The highest BCUT2D eigenvalue weighted by Crippen LogP contribution is 2.13. The molecular weight excluding hydrogens is 232 g/mol. The lowest BCUT2D eigenvalue weighted by atomic mass is 10.1. The molecule has 1 fully saturated rings. The molecule has 0 saturated carbocycles. The number of thiazole rings is 1. The van der Waals surface area contributed by atoms with E-state index in [0.717, 1.165) is 19.4 Å². The molecule has 0 aliphatic carbocycles. The molecule has 2 heterocycles. The SMILES string of the molecule is O=S1(=O)CCC(NCc2cncs2)CC1. The van der Waals surface area contributed by atoms with Crippen LogP contribution in [-0.2, 0) is 16.4 Å². The van der Waals surface area contributed by atoms with Crippen LogP contribution in [0.2, 0.25) is 0 Å². The van der Waals surface area contributed by atoms with Gasteiger partial charge in [0, 0.05) is 23.7 Å². The van der Waals surface area contributed by atoms with E-state index in [1.54, 1.807) is 11.3 Å². The van der Waals surface area contributed by atoms with Crippen molar-refractivity contribution in [2.45, 2.75) is 25.4 Å². The maximum absolute atomic E-state index is 11.2. The third-order valence-electron chi connectivity index (χ3n) is 2.60. The van der Waals surface area contributed by atoms with Gasteiger partial charge in [0.2, 0.25) is 0 Å². The fourth-order valence-corrected chi connectivity index (χ4v) is 3.71. The lowest BCUT2D eigenvalue weighted by Crippen LogP contribution is -2.36. The minimum atomic E-state index is -2.74. The number of hydrogen-bond donors (Lipinski definition) is 1. The van der Waals surface area contributed by atoms with Crippen LogP contribution in [0.1, 0.15) is 17.7 Å². The summed E-state index contributed by atoms with van der Waals surface area (Å²) in [4.78, 5) is 5.19. The van der Waals surface area contributed by atoms with E-state index in [-0.39, 0.29) is 0 Å². The average Bonchev–Trinajstić information content (AvgIpc) is 2.69. The van der Waals surface area contributed by atoms with Crippen molar-refractivity contribution >= 4 is 21.2 Å². The Morgan fingerprint density at radius 1 is 1.47 bits per heavy atom. The quantitative estimate of drug-likeness (QED) is 0.857. The van der Waals surface area contributed by atoms with Crippen molar-refractivity contribution in [2.75, 3.05) is 11.5 Å². The molecule has 1 aliphatic rings. The van der Waals surface area contributed by atoms with Gasteiger partial charge in [-0.1, -0.05) is 0 Å². The Hall–Kier alpha value is -0.460. The predicted octanol–water partition coefficient (Wildman–Crippen LogP) is 0.810. The molecule has 0 radical (unpaired) electrons. The lowest BCUT2D eigenvalue weighted by molar-refractivity contribution is 0.464. The van der Waals surface area contributed by atoms with Crippen LogP contribution in [0.5, 0.6) is 0 Å². The van der Waals surface area contributed by atoms with Gasteiger partial charge in [-0.2, -0.15) is 0 Å². The van der Waals surface area contributed by atoms with Gasteiger partial charge in [-0.25, -0.2) is 8.42 Å². The van der Waals surface area contributed by atoms with Crippen molar-refractivity contribution in [2.24, 2.45) is 0 Å². The second-order valence-electron chi connectivity index (χ2n) is 3.77. The number of nitrogens with zero attached hydrogens (tertiary/aromatic N) is 1. The lowest BCUT2D eigenvalue weighted by Gasteiger charge is -2.22. The van der Waals surface area contributed by atoms with E-state index in [4.69, 9.17) is 0 Å². The molecule has 0 bridgehead atoms. The summed E-state index contributed by atoms with van der Waals surface area (Å²) in [7, 11) is -2.74. The van der Waals surface area contributed by atoms with Gasteiger partial charge in [-0.15, -0.1) is 11.3 Å². The topological polar surface area (TPSA) is 59.1 Å². The first-order valence-electron chi connectivity index (χ1n) is 4.97. The first kappa shape index (κ1) is 11.0. The van der Waals surface area contributed by atoms with Crippen molar-refractivity contribution < 1.29 is 8.42 Å². The standard InChI is InChI=1S/C9H14N2O2S2/c12-15(13)3-1-8(2-4-15)11-6-9-5-10-7-14-9/h5,7-8,11H,1-4,6H2. The molecule has 0 aromatic carbocycles. The van der Waals surface area contributed by atoms with Crippen molar-refractivity contribution in [3.63, 3.8) is 0 Å². The van der Waals surface area contributed by atoms with Crippen LogP contribution in [-0.4, -0.2) is 30.9 Å². The van der Waals surface area contributed by atoms with E-state index in [2.05, 4.69) is 10.3 Å². The number of nitrogens with one attached hydrogen (secondary N) is 1. The summed E-state index contributed by atoms with van der Waals surface area (Å²) in [5.41, 5.74) is 1.81. The molecule has 15 heavy (non-hydrogen) atoms. The molecule has 0 amide bonds. The van der Waals surface area contributed by atoms with E-state index in [1.165, 1.54) is 4.88 Å². The average molecular weight is 246 g/mol. The van der Waals surface area contributed by atoms with Gasteiger partial charge in [0.25, 0.3) is 0 Å². The van der Waals surface area contributed by atoms with Gasteiger partial charge in [-0.3, -0.25) is 4.98 Å². The minimum Gasteiger partial charge on any atom is -0.309 e. The van der Waals surface area contributed by atoms with Crippen molar-refractivity contribution in [3.8, 4) is 0 Å². The number of rotatable bonds is 3. The van der Waals surface area contributed by atoms with Crippen LogP contribution in [0.4, 0.5) is 0 Å². The van der Waals surface area contributed by atoms with E-state index in [0.29, 0.717) is 17.5 Å². The van der Waals surface area contributed by atoms with Gasteiger partial charge in [0.1, 0.15) is 9.84 Å². The van der Waals surface area contributed by atoms with Gasteiger partial charge in [0.05, 0.1) is 17.0 Å². The van der Waals surface area contributed by atoms with Gasteiger partial charge >= 0.3 is 0 Å². The Labute approximate surface area is 93.7 Å². The molecular formula is C9H14N2O2S2. The summed E-state index contributed by atoms with van der Waals surface area (Å²) >= 11 is 1.62. The highest BCUT2D eigenvalue weighted by molar-refractivity contribution is 7.91. The van der Waals surface area contributed by atoms with Gasteiger partial charge < -0.3 is 5.32 Å². The first-order chi connectivity index (χ1) is 7.16. The molecule has 1 aromatic rings. The number of aromatic nitrogens is 1. The van der Waals surface area contributed by atoms with Crippen molar-refractivity contribution in [1.29, 1.82) is 0 Å². The third-order valence-corrected chi connectivity index (χ3v) is 5.10. The second-order valence-corrected chi connectivity index (χ2v) is 7.05. The van der Waals surface area contributed by atoms with Crippen molar-refractivity contribution in [1.82, 2.24) is 10.3 Å². The van der Waals surface area contributed by atoms with E-state index in [1.807, 2.05) is 11.7 Å². The van der Waals surface area contributed by atoms with E-state index < -0.39 is 9.84 Å². The summed E-state index contributed by atoms with van der Waals surface area (Å²) in [5, 5.41) is 3.37.